The standard InChI is InChI=1S/C31H42O13/c1-16(2)13-21(34)14-17(3)11-12-40-30-27(39)29(44-31-26(38)25(37)24(36)18(4)41-31)28(22(15-32)42-30)43-23(35)10-7-19-5-8-20(33)9-6-19/h5-10,13-14,18,22,24-33,36-39H,11-12,15H2,1-4H3/b10-7+,17-14+/t18-,22+,24-,25+,26+,27+,28+,29+,30+,31-/m0/s1. The molecule has 2 aliphatic heterocycles. The maximum absolute atomic E-state index is 12.8. The summed E-state index contributed by atoms with van der Waals surface area (Å²) in [5, 5.41) is 61.7. The van der Waals surface area contributed by atoms with Crippen LogP contribution in [0.3, 0.4) is 0 Å². The average Bonchev–Trinajstić information content (AvgIpc) is 2.96. The van der Waals surface area contributed by atoms with E-state index in [9.17, 15) is 40.2 Å². The molecule has 244 valence electrons. The molecule has 2 fully saturated rings. The molecule has 13 nitrogen and oxygen atoms in total. The van der Waals surface area contributed by atoms with E-state index in [2.05, 4.69) is 0 Å². The van der Waals surface area contributed by atoms with Gasteiger partial charge in [-0.15, -0.1) is 0 Å². The number of rotatable bonds is 12. The molecule has 10 atom stereocenters. The number of hydrogen-bond acceptors (Lipinski definition) is 13. The maximum Gasteiger partial charge on any atom is 0.331 e. The lowest BCUT2D eigenvalue weighted by Crippen LogP contribution is -2.65. The van der Waals surface area contributed by atoms with E-state index < -0.39 is 74.0 Å². The number of carbonyl (C=O) groups excluding carboxylic acids is 2. The Labute approximate surface area is 255 Å². The van der Waals surface area contributed by atoms with Gasteiger partial charge in [0.1, 0.15) is 42.4 Å². The van der Waals surface area contributed by atoms with Crippen molar-refractivity contribution < 1.29 is 63.9 Å². The molecule has 0 amide bonds. The van der Waals surface area contributed by atoms with Crippen LogP contribution < -0.4 is 0 Å². The van der Waals surface area contributed by atoms with Gasteiger partial charge in [-0.2, -0.15) is 0 Å². The third kappa shape index (κ3) is 9.76. The monoisotopic (exact) mass is 622 g/mol. The van der Waals surface area contributed by atoms with Crippen LogP contribution in [0.1, 0.15) is 39.7 Å². The lowest BCUT2D eigenvalue weighted by molar-refractivity contribution is -0.357. The minimum Gasteiger partial charge on any atom is -0.508 e. The highest BCUT2D eigenvalue weighted by atomic mass is 16.7. The van der Waals surface area contributed by atoms with E-state index in [0.717, 1.165) is 11.6 Å². The van der Waals surface area contributed by atoms with Crippen LogP contribution >= 0.6 is 0 Å². The molecule has 3 rings (SSSR count). The van der Waals surface area contributed by atoms with E-state index in [-0.39, 0.29) is 18.1 Å². The summed E-state index contributed by atoms with van der Waals surface area (Å²) in [6.45, 7) is 6.11. The number of aliphatic hydroxyl groups excluding tert-OH is 5. The highest BCUT2D eigenvalue weighted by molar-refractivity contribution is 6.00. The van der Waals surface area contributed by atoms with Gasteiger partial charge in [0.25, 0.3) is 0 Å². The molecule has 0 radical (unpaired) electrons. The van der Waals surface area contributed by atoms with Crippen molar-refractivity contribution in [1.29, 1.82) is 0 Å². The van der Waals surface area contributed by atoms with Crippen molar-refractivity contribution in [2.24, 2.45) is 0 Å². The fourth-order valence-corrected chi connectivity index (χ4v) is 4.66. The Bertz CT molecular complexity index is 1190. The summed E-state index contributed by atoms with van der Waals surface area (Å²) < 4.78 is 28.4. The average molecular weight is 623 g/mol. The summed E-state index contributed by atoms with van der Waals surface area (Å²) in [5.74, 6) is -1.02. The third-order valence-corrected chi connectivity index (χ3v) is 7.05. The molecule has 44 heavy (non-hydrogen) atoms. The number of phenolic OH excluding ortho intramolecular Hbond substituents is 1. The molecule has 0 spiro atoms. The van der Waals surface area contributed by atoms with Gasteiger partial charge in [0.15, 0.2) is 24.5 Å². The number of aliphatic hydroxyl groups is 5. The predicted octanol–water partition coefficient (Wildman–Crippen LogP) is 0.496. The zero-order valence-corrected chi connectivity index (χ0v) is 25.1. The van der Waals surface area contributed by atoms with Crippen molar-refractivity contribution in [2.75, 3.05) is 13.2 Å². The molecule has 2 heterocycles. The Morgan fingerprint density at radius 2 is 1.57 bits per heavy atom. The highest BCUT2D eigenvalue weighted by Gasteiger charge is 2.52. The SMILES string of the molecule is CC(C)=CC(=O)/C=C(\C)CCO[C@@H]1O[C@H](CO)[C@@H](OC(=O)/C=C/c2ccc(O)cc2)[C@H](O[C@@H]2O[C@@H](C)[C@H](O)[C@@H](O)[C@H]2O)[C@H]1O. The topological polar surface area (TPSA) is 202 Å². The number of allylic oxidation sites excluding steroid dienone is 3. The Morgan fingerprint density at radius 1 is 0.886 bits per heavy atom. The van der Waals surface area contributed by atoms with Crippen LogP contribution in [0.25, 0.3) is 6.08 Å². The largest absolute Gasteiger partial charge is 0.508 e. The van der Waals surface area contributed by atoms with Crippen LogP contribution in [0, 0.1) is 0 Å². The van der Waals surface area contributed by atoms with E-state index in [0.29, 0.717) is 17.6 Å². The molecule has 2 aliphatic rings. The molecule has 0 bridgehead atoms. The first-order valence-corrected chi connectivity index (χ1v) is 14.3. The number of ether oxygens (including phenoxy) is 5. The third-order valence-electron chi connectivity index (χ3n) is 7.05. The van der Waals surface area contributed by atoms with E-state index >= 15 is 0 Å². The van der Waals surface area contributed by atoms with E-state index in [1.54, 1.807) is 32.9 Å². The lowest BCUT2D eigenvalue weighted by Gasteiger charge is -2.46. The van der Waals surface area contributed by atoms with Crippen molar-refractivity contribution in [1.82, 2.24) is 0 Å². The number of aromatic hydroxyl groups is 1. The minimum absolute atomic E-state index is 0.00134. The van der Waals surface area contributed by atoms with Gasteiger partial charge in [0, 0.05) is 6.08 Å². The van der Waals surface area contributed by atoms with Gasteiger partial charge >= 0.3 is 5.97 Å². The molecule has 0 aliphatic carbocycles. The van der Waals surface area contributed by atoms with E-state index in [1.807, 2.05) is 0 Å². The first kappa shape index (κ1) is 35.5. The second-order valence-corrected chi connectivity index (χ2v) is 11.1. The number of carbonyl (C=O) groups is 2. The number of ketones is 1. The zero-order valence-electron chi connectivity index (χ0n) is 25.1. The van der Waals surface area contributed by atoms with Crippen LogP contribution in [-0.2, 0) is 33.3 Å². The minimum atomic E-state index is -1.74. The highest BCUT2D eigenvalue weighted by Crippen LogP contribution is 2.31. The molecular weight excluding hydrogens is 580 g/mol. The van der Waals surface area contributed by atoms with Crippen LogP contribution in [0.5, 0.6) is 5.75 Å². The Morgan fingerprint density at radius 3 is 2.20 bits per heavy atom. The summed E-state index contributed by atoms with van der Waals surface area (Å²) in [6, 6.07) is 5.99. The van der Waals surface area contributed by atoms with Crippen LogP contribution in [-0.4, -0.2) is 117 Å². The van der Waals surface area contributed by atoms with Crippen LogP contribution in [0.15, 0.2) is 53.6 Å². The first-order valence-electron chi connectivity index (χ1n) is 14.3. The molecule has 2 saturated heterocycles. The molecular formula is C31H42O13. The van der Waals surface area contributed by atoms with Crippen molar-refractivity contribution in [3.63, 3.8) is 0 Å². The molecule has 6 N–H and O–H groups in total. The smallest absolute Gasteiger partial charge is 0.331 e. The number of benzene rings is 1. The molecule has 1 aromatic carbocycles. The molecule has 13 heteroatoms. The van der Waals surface area contributed by atoms with Gasteiger partial charge in [-0.1, -0.05) is 23.3 Å². The summed E-state index contributed by atoms with van der Waals surface area (Å²) >= 11 is 0. The summed E-state index contributed by atoms with van der Waals surface area (Å²) in [7, 11) is 0. The number of esters is 1. The van der Waals surface area contributed by atoms with Crippen molar-refractivity contribution in [3.05, 3.63) is 59.2 Å². The van der Waals surface area contributed by atoms with Crippen molar-refractivity contribution >= 4 is 17.8 Å². The second kappa shape index (κ2) is 16.4. The van der Waals surface area contributed by atoms with Crippen molar-refractivity contribution in [2.45, 2.75) is 95.5 Å². The molecule has 0 aromatic heterocycles. The Balaban J connectivity index is 1.79. The molecule has 0 saturated carbocycles. The van der Waals surface area contributed by atoms with Crippen LogP contribution in [0.4, 0.5) is 0 Å². The summed E-state index contributed by atoms with van der Waals surface area (Å²) in [6.07, 6.45) is -8.80. The molecule has 0 unspecified atom stereocenters. The lowest BCUT2D eigenvalue weighted by atomic mass is 9.97. The van der Waals surface area contributed by atoms with Gasteiger partial charge in [0.2, 0.25) is 0 Å². The Kier molecular flexibility index (Phi) is 13.2. The first-order chi connectivity index (χ1) is 20.8. The van der Waals surface area contributed by atoms with Gasteiger partial charge in [-0.3, -0.25) is 4.79 Å². The molecule has 1 aromatic rings. The maximum atomic E-state index is 12.8. The van der Waals surface area contributed by atoms with E-state index in [1.165, 1.54) is 37.3 Å². The summed E-state index contributed by atoms with van der Waals surface area (Å²) in [5.41, 5.74) is 2.13. The van der Waals surface area contributed by atoms with Gasteiger partial charge in [0.05, 0.1) is 19.3 Å². The number of hydrogen-bond donors (Lipinski definition) is 6. The normalized spacial score (nSPS) is 32.8. The Hall–Kier alpha value is -2.98. The van der Waals surface area contributed by atoms with Crippen molar-refractivity contribution in [3.8, 4) is 5.75 Å². The van der Waals surface area contributed by atoms with Gasteiger partial charge in [-0.25, -0.2) is 4.79 Å². The second-order valence-electron chi connectivity index (χ2n) is 11.1. The zero-order chi connectivity index (χ0) is 32.6. The quantitative estimate of drug-likeness (QED) is 0.139. The van der Waals surface area contributed by atoms with Gasteiger partial charge < -0.3 is 54.3 Å². The fraction of sp³-hybridized carbons (Fsp3) is 0.548. The van der Waals surface area contributed by atoms with Crippen LogP contribution in [0.2, 0.25) is 0 Å². The van der Waals surface area contributed by atoms with Gasteiger partial charge in [-0.05, 0) is 70.0 Å². The van der Waals surface area contributed by atoms with E-state index in [4.69, 9.17) is 23.7 Å². The predicted molar refractivity (Wildman–Crippen MR) is 155 cm³/mol. The fourth-order valence-electron chi connectivity index (χ4n) is 4.66. The summed E-state index contributed by atoms with van der Waals surface area (Å²) in [4.78, 5) is 24.8. The number of phenols is 1.